The number of halogens is 1. The third kappa shape index (κ3) is 11.4. The van der Waals surface area contributed by atoms with Gasteiger partial charge in [0.05, 0.1) is 36.6 Å². The largest absolute Gasteiger partial charge is 0.472 e. The predicted molar refractivity (Wildman–Crippen MR) is 210 cm³/mol. The molecule has 1 aliphatic carbocycles. The van der Waals surface area contributed by atoms with Crippen molar-refractivity contribution in [2.24, 2.45) is 0 Å². The zero-order valence-electron chi connectivity index (χ0n) is 33.0. The van der Waals surface area contributed by atoms with Gasteiger partial charge in [-0.2, -0.15) is 10.4 Å². The molecule has 1 saturated carbocycles. The molecule has 1 saturated heterocycles. The Morgan fingerprint density at radius 3 is 2.18 bits per heavy atom. The van der Waals surface area contributed by atoms with Crippen molar-refractivity contribution < 1.29 is 42.6 Å². The first-order valence-electron chi connectivity index (χ1n) is 20.6. The van der Waals surface area contributed by atoms with Gasteiger partial charge in [0, 0.05) is 0 Å². The number of hydrogen-bond donors (Lipinski definition) is 4. The SMILES string of the molecule is CCCCCCCCCCCCCCCCCCC[C@H](COP(=O)(O)OC1[C@H]2O[C@@](C)(c3ccc4c(N)ncnn34)[C@H](O)[C@@]12O)OCc1cc(F)cc(C#N)c1. The molecule has 2 aliphatic rings. The fourth-order valence-corrected chi connectivity index (χ4v) is 8.89. The molecule has 2 aromatic heterocycles. The maximum atomic E-state index is 14.1. The maximum absolute atomic E-state index is 14.1. The van der Waals surface area contributed by atoms with Gasteiger partial charge in [0.15, 0.2) is 11.4 Å². The fourth-order valence-electron chi connectivity index (χ4n) is 7.91. The van der Waals surface area contributed by atoms with Gasteiger partial charge in [-0.25, -0.2) is 18.5 Å². The van der Waals surface area contributed by atoms with Gasteiger partial charge in [-0.05, 0) is 49.2 Å². The van der Waals surface area contributed by atoms with E-state index >= 15 is 0 Å². The van der Waals surface area contributed by atoms with Crippen LogP contribution in [0.2, 0.25) is 0 Å². The molecule has 56 heavy (non-hydrogen) atoms. The number of nitrogens with zero attached hydrogens (tertiary/aromatic N) is 4. The Morgan fingerprint density at radius 2 is 1.61 bits per heavy atom. The lowest BCUT2D eigenvalue weighted by Crippen LogP contribution is -2.46. The summed E-state index contributed by atoms with van der Waals surface area (Å²) in [6.45, 7) is 3.48. The Bertz CT molecular complexity index is 1790. The van der Waals surface area contributed by atoms with Crippen LogP contribution in [0.25, 0.3) is 5.52 Å². The molecule has 7 atom stereocenters. The van der Waals surface area contributed by atoms with E-state index in [1.807, 2.05) is 6.07 Å². The predicted octanol–water partition coefficient (Wildman–Crippen LogP) is 8.17. The molecule has 13 nitrogen and oxygen atoms in total. The van der Waals surface area contributed by atoms with Crippen LogP contribution in [0.4, 0.5) is 10.2 Å². The quantitative estimate of drug-likeness (QED) is 0.0427. The van der Waals surface area contributed by atoms with Crippen molar-refractivity contribution in [3.8, 4) is 6.07 Å². The van der Waals surface area contributed by atoms with Crippen LogP contribution in [0.5, 0.6) is 0 Å². The van der Waals surface area contributed by atoms with Crippen molar-refractivity contribution in [3.63, 3.8) is 0 Å². The highest BCUT2D eigenvalue weighted by Crippen LogP contribution is 2.63. The maximum Gasteiger partial charge on any atom is 0.472 e. The molecule has 2 unspecified atom stereocenters. The van der Waals surface area contributed by atoms with Crippen molar-refractivity contribution in [3.05, 3.63) is 59.3 Å². The summed E-state index contributed by atoms with van der Waals surface area (Å²) in [6.07, 6.45) is 18.3. The summed E-state index contributed by atoms with van der Waals surface area (Å²) < 4.78 is 51.5. The highest BCUT2D eigenvalue weighted by Gasteiger charge is 2.82. The molecule has 2 fully saturated rings. The number of phosphoric acid groups is 1. The van der Waals surface area contributed by atoms with E-state index in [0.717, 1.165) is 31.7 Å². The van der Waals surface area contributed by atoms with E-state index in [-0.39, 0.29) is 24.6 Å². The number of hydrogen-bond acceptors (Lipinski definition) is 11. The van der Waals surface area contributed by atoms with Crippen molar-refractivity contribution in [2.45, 2.75) is 172 Å². The molecule has 310 valence electrons. The number of nitriles is 1. The summed E-state index contributed by atoms with van der Waals surface area (Å²) in [5, 5.41) is 36.1. The zero-order valence-corrected chi connectivity index (χ0v) is 33.9. The van der Waals surface area contributed by atoms with E-state index in [2.05, 4.69) is 17.0 Å². The zero-order chi connectivity index (χ0) is 40.2. The number of rotatable bonds is 27. The number of nitrogens with two attached hydrogens (primary N) is 1. The second-order valence-electron chi connectivity index (χ2n) is 15.7. The molecule has 1 aromatic carbocycles. The lowest BCUT2D eigenvalue weighted by atomic mass is 9.91. The Balaban J connectivity index is 1.04. The van der Waals surface area contributed by atoms with Gasteiger partial charge in [-0.15, -0.1) is 0 Å². The Kier molecular flexibility index (Phi) is 16.2. The first-order chi connectivity index (χ1) is 26.9. The number of phosphoric ester groups is 1. The fraction of sp³-hybridized carbons (Fsp3) is 0.683. The topological polar surface area (TPSA) is 195 Å². The van der Waals surface area contributed by atoms with Crippen LogP contribution in [0.1, 0.15) is 146 Å². The summed E-state index contributed by atoms with van der Waals surface area (Å²) >= 11 is 0. The third-order valence-electron chi connectivity index (χ3n) is 11.3. The highest BCUT2D eigenvalue weighted by atomic mass is 31.2. The van der Waals surface area contributed by atoms with Gasteiger partial charge < -0.3 is 30.3 Å². The number of unbranched alkanes of at least 4 members (excludes halogenated alkanes) is 16. The minimum absolute atomic E-state index is 0.0376. The van der Waals surface area contributed by atoms with Crippen LogP contribution in [-0.2, 0) is 35.3 Å². The number of nitrogen functional groups attached to an aromatic ring is 1. The molecule has 1 aliphatic heterocycles. The Hall–Kier alpha value is -2.99. The van der Waals surface area contributed by atoms with Crippen LogP contribution < -0.4 is 5.73 Å². The van der Waals surface area contributed by atoms with E-state index in [9.17, 15) is 29.3 Å². The van der Waals surface area contributed by atoms with Crippen LogP contribution in [0.3, 0.4) is 0 Å². The van der Waals surface area contributed by atoms with E-state index in [4.69, 9.17) is 24.3 Å². The van der Waals surface area contributed by atoms with Gasteiger partial charge in [-0.3, -0.25) is 9.05 Å². The number of aromatic nitrogens is 3. The third-order valence-corrected chi connectivity index (χ3v) is 12.2. The van der Waals surface area contributed by atoms with Crippen LogP contribution in [0.15, 0.2) is 36.7 Å². The molecule has 15 heteroatoms. The smallest absolute Gasteiger partial charge is 0.386 e. The van der Waals surface area contributed by atoms with E-state index in [0.29, 0.717) is 23.2 Å². The van der Waals surface area contributed by atoms with Gasteiger partial charge in [0.2, 0.25) is 0 Å². The van der Waals surface area contributed by atoms with Crippen LogP contribution >= 0.6 is 7.82 Å². The normalized spacial score (nSPS) is 24.6. The Labute approximate surface area is 330 Å². The van der Waals surface area contributed by atoms with Gasteiger partial charge >= 0.3 is 7.82 Å². The first-order valence-corrected chi connectivity index (χ1v) is 22.1. The van der Waals surface area contributed by atoms with E-state index < -0.39 is 49.3 Å². The summed E-state index contributed by atoms with van der Waals surface area (Å²) in [5.74, 6) is -0.339. The second kappa shape index (κ2) is 20.6. The highest BCUT2D eigenvalue weighted by molar-refractivity contribution is 7.47. The standard InChI is InChI=1S/C41H61FN5O8P/c1-3-4-5-6-7-8-9-10-11-12-13-14-15-16-17-18-19-20-33(52-27-31-23-30(26-43)24-32(42)25-31)28-53-56(50,51)55-37-36-41(37,49)39(48)40(2,54-36)35-22-21-34-38(44)45-29-46-47(34)35/h21-25,29,33,36-37,39,48-49H,3-20,27-28H2,1-2H3,(H,50,51)(H2,44,45,46)/t33-,36-,37?,39+,40+,41+/m1/s1. The average molecular weight is 802 g/mol. The second-order valence-corrected chi connectivity index (χ2v) is 17.1. The summed E-state index contributed by atoms with van der Waals surface area (Å²) in [7, 11) is -4.78. The lowest BCUT2D eigenvalue weighted by molar-refractivity contribution is -0.127. The number of aliphatic hydroxyl groups excluding tert-OH is 1. The monoisotopic (exact) mass is 801 g/mol. The van der Waals surface area contributed by atoms with Gasteiger partial charge in [0.25, 0.3) is 0 Å². The van der Waals surface area contributed by atoms with Crippen molar-refractivity contribution in [1.29, 1.82) is 5.26 Å². The number of fused-ring (bicyclic) bond motifs is 2. The number of benzene rings is 1. The van der Waals surface area contributed by atoms with Crippen LogP contribution in [-0.4, -0.2) is 66.3 Å². The molecule has 0 bridgehead atoms. The first kappa shape index (κ1) is 44.1. The lowest BCUT2D eigenvalue weighted by Gasteiger charge is -2.32. The number of ether oxygens (including phenoxy) is 2. The average Bonchev–Trinajstić information content (AvgIpc) is 3.42. The number of aliphatic hydroxyl groups is 2. The van der Waals surface area contributed by atoms with Gasteiger partial charge in [-0.1, -0.05) is 116 Å². The molecule has 5 rings (SSSR count). The summed E-state index contributed by atoms with van der Waals surface area (Å²) in [4.78, 5) is 14.7. The van der Waals surface area contributed by atoms with E-state index in [1.165, 1.54) is 106 Å². The summed E-state index contributed by atoms with van der Waals surface area (Å²) in [6, 6.07) is 9.19. The molecular formula is C41H61FN5O8P. The molecule has 0 amide bonds. The molecule has 3 heterocycles. The Morgan fingerprint density at radius 1 is 1.00 bits per heavy atom. The van der Waals surface area contributed by atoms with Crippen molar-refractivity contribution in [2.75, 3.05) is 12.3 Å². The van der Waals surface area contributed by atoms with Gasteiger partial charge in [0.1, 0.15) is 41.6 Å². The molecule has 3 aromatic rings. The number of anilines is 1. The summed E-state index contributed by atoms with van der Waals surface area (Å²) in [5.41, 5.74) is 4.02. The van der Waals surface area contributed by atoms with Crippen molar-refractivity contribution >= 4 is 19.2 Å². The van der Waals surface area contributed by atoms with Crippen molar-refractivity contribution in [1.82, 2.24) is 14.6 Å². The van der Waals surface area contributed by atoms with Crippen LogP contribution in [0, 0.1) is 17.1 Å². The van der Waals surface area contributed by atoms with E-state index in [1.54, 1.807) is 19.1 Å². The minimum Gasteiger partial charge on any atom is -0.386 e. The molecule has 0 spiro atoms. The molecule has 5 N–H and O–H groups in total. The minimum atomic E-state index is -4.78. The molecule has 0 radical (unpaired) electrons. The molecular weight excluding hydrogens is 740 g/mol.